The first-order valence-corrected chi connectivity index (χ1v) is 3.82. The maximum absolute atomic E-state index is 13.0. The second kappa shape index (κ2) is 3.30. The van der Waals surface area contributed by atoms with E-state index in [0.717, 1.165) is 12.8 Å². The van der Waals surface area contributed by atoms with Gasteiger partial charge in [0.25, 0.3) is 0 Å². The van der Waals surface area contributed by atoms with Gasteiger partial charge in [0, 0.05) is 6.04 Å². The van der Waals surface area contributed by atoms with Crippen LogP contribution in [-0.2, 0) is 0 Å². The molecule has 0 spiro atoms. The van der Waals surface area contributed by atoms with Gasteiger partial charge in [0.15, 0.2) is 0 Å². The van der Waals surface area contributed by atoms with Gasteiger partial charge in [-0.3, -0.25) is 0 Å². The minimum Gasteiger partial charge on any atom is -0.326 e. The molecule has 1 aliphatic rings. The molecule has 0 aromatic rings. The van der Waals surface area contributed by atoms with Gasteiger partial charge in [-0.1, -0.05) is 0 Å². The molecule has 1 aliphatic carbocycles. The van der Waals surface area contributed by atoms with Crippen LogP contribution in [0.25, 0.3) is 0 Å². The summed E-state index contributed by atoms with van der Waals surface area (Å²) in [5.41, 5.74) is 5.68. The summed E-state index contributed by atoms with van der Waals surface area (Å²) in [5, 5.41) is 2.90. The van der Waals surface area contributed by atoms with Gasteiger partial charge in [0.1, 0.15) is 6.17 Å². The normalized spacial score (nSPS) is 41.7. The molecule has 60 valence electrons. The zero-order chi connectivity index (χ0) is 7.56. The lowest BCUT2D eigenvalue weighted by atomic mass is 9.89. The summed E-state index contributed by atoms with van der Waals surface area (Å²) in [6.07, 6.45) is 1.81. The number of likely N-dealkylation sites (N-methyl/N-ethyl adjacent to an activating group) is 1. The van der Waals surface area contributed by atoms with Gasteiger partial charge in [-0.15, -0.1) is 0 Å². The first-order chi connectivity index (χ1) is 4.75. The highest BCUT2D eigenvalue weighted by molar-refractivity contribution is 4.89. The highest BCUT2D eigenvalue weighted by Gasteiger charge is 2.29. The van der Waals surface area contributed by atoms with Crippen molar-refractivity contribution in [2.24, 2.45) is 5.73 Å². The third-order valence-electron chi connectivity index (χ3n) is 2.20. The summed E-state index contributed by atoms with van der Waals surface area (Å²) < 4.78 is 13.0. The molecule has 0 aromatic carbocycles. The van der Waals surface area contributed by atoms with E-state index in [-0.39, 0.29) is 12.1 Å². The zero-order valence-corrected chi connectivity index (χ0v) is 6.31. The van der Waals surface area contributed by atoms with Crippen molar-refractivity contribution in [1.29, 1.82) is 0 Å². The topological polar surface area (TPSA) is 38.0 Å². The van der Waals surface area contributed by atoms with Crippen LogP contribution in [0.3, 0.4) is 0 Å². The molecule has 2 nitrogen and oxygen atoms in total. The van der Waals surface area contributed by atoms with Crippen LogP contribution in [0, 0.1) is 0 Å². The molecule has 0 amide bonds. The van der Waals surface area contributed by atoms with Crippen LogP contribution in [0.5, 0.6) is 0 Å². The molecule has 0 radical (unpaired) electrons. The Labute approximate surface area is 61.0 Å². The van der Waals surface area contributed by atoms with Crippen LogP contribution in [0.4, 0.5) is 4.39 Å². The van der Waals surface area contributed by atoms with Crippen molar-refractivity contribution in [2.75, 3.05) is 7.05 Å². The molecule has 3 heteroatoms. The standard InChI is InChI=1S/C7H15FN2/c1-10-7-5(8)3-2-4-6(7)9/h5-7,10H,2-4,9H2,1H3. The van der Waals surface area contributed by atoms with E-state index in [1.165, 1.54) is 0 Å². The van der Waals surface area contributed by atoms with E-state index in [9.17, 15) is 4.39 Å². The molecule has 1 rings (SSSR count). The minimum atomic E-state index is -0.742. The van der Waals surface area contributed by atoms with Crippen LogP contribution in [0.15, 0.2) is 0 Å². The van der Waals surface area contributed by atoms with Crippen molar-refractivity contribution in [3.8, 4) is 0 Å². The lowest BCUT2D eigenvalue weighted by Crippen LogP contribution is -2.51. The lowest BCUT2D eigenvalue weighted by molar-refractivity contribution is 0.177. The summed E-state index contributed by atoms with van der Waals surface area (Å²) in [6, 6.07) is -0.109. The van der Waals surface area contributed by atoms with Crippen LogP contribution in [0.2, 0.25) is 0 Å². The molecule has 3 atom stereocenters. The van der Waals surface area contributed by atoms with Crippen molar-refractivity contribution >= 4 is 0 Å². The van der Waals surface area contributed by atoms with Crippen molar-refractivity contribution in [3.63, 3.8) is 0 Å². The Morgan fingerprint density at radius 1 is 1.50 bits per heavy atom. The second-order valence-corrected chi connectivity index (χ2v) is 2.93. The van der Waals surface area contributed by atoms with E-state index in [4.69, 9.17) is 5.73 Å². The molecule has 10 heavy (non-hydrogen) atoms. The Morgan fingerprint density at radius 3 is 2.60 bits per heavy atom. The number of alkyl halides is 1. The van der Waals surface area contributed by atoms with Gasteiger partial charge < -0.3 is 11.1 Å². The molecule has 3 N–H and O–H groups in total. The summed E-state index contributed by atoms with van der Waals surface area (Å²) in [6.45, 7) is 0. The smallest absolute Gasteiger partial charge is 0.117 e. The minimum absolute atomic E-state index is 0.00810. The number of hydrogen-bond donors (Lipinski definition) is 2. The molecular formula is C7H15FN2. The Morgan fingerprint density at radius 2 is 2.20 bits per heavy atom. The summed E-state index contributed by atoms with van der Waals surface area (Å²) in [7, 11) is 1.77. The molecule has 1 fully saturated rings. The highest BCUT2D eigenvalue weighted by Crippen LogP contribution is 2.19. The van der Waals surface area contributed by atoms with Gasteiger partial charge in [0.05, 0.1) is 6.04 Å². The molecule has 0 heterocycles. The number of hydrogen-bond acceptors (Lipinski definition) is 2. The number of nitrogens with one attached hydrogen (secondary N) is 1. The quantitative estimate of drug-likeness (QED) is 0.562. The van der Waals surface area contributed by atoms with E-state index in [2.05, 4.69) is 5.32 Å². The van der Waals surface area contributed by atoms with Crippen molar-refractivity contribution in [3.05, 3.63) is 0 Å². The Hall–Kier alpha value is -0.150. The number of halogens is 1. The van der Waals surface area contributed by atoms with Crippen molar-refractivity contribution in [1.82, 2.24) is 5.32 Å². The third-order valence-corrected chi connectivity index (χ3v) is 2.20. The molecule has 0 saturated heterocycles. The molecular weight excluding hydrogens is 131 g/mol. The van der Waals surface area contributed by atoms with E-state index >= 15 is 0 Å². The molecule has 1 saturated carbocycles. The Bertz CT molecular complexity index is 97.8. The first-order valence-electron chi connectivity index (χ1n) is 3.82. The fourth-order valence-corrected chi connectivity index (χ4v) is 1.57. The van der Waals surface area contributed by atoms with E-state index in [0.29, 0.717) is 6.42 Å². The van der Waals surface area contributed by atoms with Crippen LogP contribution >= 0.6 is 0 Å². The van der Waals surface area contributed by atoms with Gasteiger partial charge >= 0.3 is 0 Å². The number of rotatable bonds is 1. The molecule has 0 aliphatic heterocycles. The lowest BCUT2D eigenvalue weighted by Gasteiger charge is -2.31. The third kappa shape index (κ3) is 1.47. The fourth-order valence-electron chi connectivity index (χ4n) is 1.57. The van der Waals surface area contributed by atoms with Crippen molar-refractivity contribution < 1.29 is 4.39 Å². The second-order valence-electron chi connectivity index (χ2n) is 2.93. The van der Waals surface area contributed by atoms with Gasteiger partial charge in [-0.05, 0) is 26.3 Å². The van der Waals surface area contributed by atoms with Gasteiger partial charge in [0.2, 0.25) is 0 Å². The average molecular weight is 146 g/mol. The predicted molar refractivity (Wildman–Crippen MR) is 39.6 cm³/mol. The first kappa shape index (κ1) is 7.95. The molecule has 0 bridgehead atoms. The predicted octanol–water partition coefficient (Wildman–Crippen LogP) is 0.424. The number of nitrogens with two attached hydrogens (primary N) is 1. The maximum Gasteiger partial charge on any atom is 0.117 e. The van der Waals surface area contributed by atoms with Crippen molar-refractivity contribution in [2.45, 2.75) is 37.5 Å². The summed E-state index contributed by atoms with van der Waals surface area (Å²) >= 11 is 0. The van der Waals surface area contributed by atoms with Crippen LogP contribution in [0.1, 0.15) is 19.3 Å². The van der Waals surface area contributed by atoms with E-state index < -0.39 is 6.17 Å². The largest absolute Gasteiger partial charge is 0.326 e. The molecule has 0 aromatic heterocycles. The zero-order valence-electron chi connectivity index (χ0n) is 6.31. The van der Waals surface area contributed by atoms with Crippen LogP contribution < -0.4 is 11.1 Å². The molecule has 3 unspecified atom stereocenters. The van der Waals surface area contributed by atoms with Gasteiger partial charge in [-0.25, -0.2) is 4.39 Å². The van der Waals surface area contributed by atoms with Crippen LogP contribution in [-0.4, -0.2) is 25.3 Å². The SMILES string of the molecule is CNC1C(N)CCCC1F. The van der Waals surface area contributed by atoms with E-state index in [1.54, 1.807) is 7.05 Å². The van der Waals surface area contributed by atoms with E-state index in [1.807, 2.05) is 0 Å². The Kier molecular flexibility index (Phi) is 2.63. The monoisotopic (exact) mass is 146 g/mol. The fraction of sp³-hybridized carbons (Fsp3) is 1.00. The summed E-state index contributed by atoms with van der Waals surface area (Å²) in [4.78, 5) is 0. The highest BCUT2D eigenvalue weighted by atomic mass is 19.1. The maximum atomic E-state index is 13.0. The average Bonchev–Trinajstić information content (AvgIpc) is 1.88. The Balaban J connectivity index is 2.45. The van der Waals surface area contributed by atoms with Gasteiger partial charge in [-0.2, -0.15) is 0 Å². The summed E-state index contributed by atoms with van der Waals surface area (Å²) in [5.74, 6) is 0.